The largest absolute Gasteiger partial charge is 1.00 e. The average Bonchev–Trinajstić information content (AvgIpc) is 1.00. The summed E-state index contributed by atoms with van der Waals surface area (Å²) in [6, 6.07) is 0. The quantitative estimate of drug-likeness (QED) is 0.219. The summed E-state index contributed by atoms with van der Waals surface area (Å²) in [5.41, 5.74) is 0. The first-order chi connectivity index (χ1) is 1.00. The molecule has 0 spiro atoms. The third-order valence-electron chi connectivity index (χ3n) is 0. The third-order valence-corrected chi connectivity index (χ3v) is 0. The minimum absolute atomic E-state index is 0. The molecule has 0 aromatic rings. The summed E-state index contributed by atoms with van der Waals surface area (Å²) in [6.07, 6.45) is 0. The van der Waals surface area contributed by atoms with E-state index in [1.165, 1.54) is 0 Å². The van der Waals surface area contributed by atoms with Gasteiger partial charge in [0.2, 0.25) is 0 Å². The summed E-state index contributed by atoms with van der Waals surface area (Å²) >= 11 is 3.78. The Kier molecular flexibility index (Phi) is 624. The van der Waals surface area contributed by atoms with Crippen molar-refractivity contribution in [1.82, 2.24) is 0 Å². The van der Waals surface area contributed by atoms with E-state index in [2.05, 4.69) is 19.8 Å². The second-order valence-electron chi connectivity index (χ2n) is 0. The maximum atomic E-state index is 3.78. The van der Waals surface area contributed by atoms with Gasteiger partial charge in [0.1, 0.15) is 0 Å². The molecule has 0 aromatic carbocycles. The molecule has 0 saturated carbocycles. The summed E-state index contributed by atoms with van der Waals surface area (Å²) in [6.45, 7) is 0. The zero-order valence-corrected chi connectivity index (χ0v) is 4.32. The van der Waals surface area contributed by atoms with Gasteiger partial charge in [-0.05, 0) is 0 Å². The molecule has 0 saturated heterocycles. The Hall–Kier alpha value is 0.977. The molecule has 0 aliphatic heterocycles. The van der Waals surface area contributed by atoms with Crippen LogP contribution >= 0.6 is 8.02 Å². The van der Waals surface area contributed by atoms with Gasteiger partial charge in [0, 0.05) is 0 Å². The van der Waals surface area contributed by atoms with Crippen LogP contribution in [0.25, 0.3) is 0 Å². The second kappa shape index (κ2) is 82.4. The van der Waals surface area contributed by atoms with Gasteiger partial charge in [-0.25, -0.2) is 0 Å². The van der Waals surface area contributed by atoms with Crippen molar-refractivity contribution in [3.05, 3.63) is 0 Å². The van der Waals surface area contributed by atoms with Crippen molar-refractivity contribution >= 4 is 19.8 Å². The molecule has 0 fully saturated rings. The molecule has 0 aliphatic rings. The van der Waals surface area contributed by atoms with Crippen LogP contribution in [0.4, 0.5) is 0 Å². The van der Waals surface area contributed by atoms with Crippen molar-refractivity contribution in [3.8, 4) is 0 Å². The molecule has 0 unspecified atom stereocenters. The molecule has 5 heavy (non-hydrogen) atoms. The maximum Gasteiger partial charge on any atom is 1.00 e. The van der Waals surface area contributed by atoms with Crippen LogP contribution < -0.4 is 28.3 Å². The van der Waals surface area contributed by atoms with Gasteiger partial charge in [-0.15, -0.1) is 0 Å². The Labute approximate surface area is 48.5 Å². The minimum Gasteiger partial charge on any atom is -1.00 e. The fraction of sp³-hybridized carbons (Fsp3) is 0. The van der Waals surface area contributed by atoms with E-state index >= 15 is 0 Å². The van der Waals surface area contributed by atoms with Crippen LogP contribution in [0.5, 0.6) is 0 Å². The molecule has 0 aromatic heterocycles. The van der Waals surface area contributed by atoms with Gasteiger partial charge in [-0.3, -0.25) is 0 Å². The average molecular weight is 108 g/mol. The molecule has 0 heterocycles. The molecule has 0 rings (SSSR count). The van der Waals surface area contributed by atoms with E-state index < -0.39 is 0 Å². The van der Waals surface area contributed by atoms with Crippen molar-refractivity contribution in [2.45, 2.75) is 0 Å². The zero-order valence-electron chi connectivity index (χ0n) is 2.61. The minimum atomic E-state index is 0. The van der Waals surface area contributed by atoms with Crippen molar-refractivity contribution < 1.29 is 28.3 Å². The van der Waals surface area contributed by atoms with E-state index in [-0.39, 0.29) is 28.3 Å². The fourth-order valence-corrected chi connectivity index (χ4v) is 0. The predicted molar refractivity (Wildman–Crippen MR) is 14.3 cm³/mol. The van der Waals surface area contributed by atoms with Crippen molar-refractivity contribution in [3.63, 3.8) is 0 Å². The number of halogens is 2. The number of hydrogen-bond acceptors (Lipinski definition) is 1. The smallest absolute Gasteiger partial charge is 1.00 e. The molecule has 26 valence electrons. The third kappa shape index (κ3) is 46.2. The molecular formula is F2LiPS. The standard InChI is InChI=1S/2FH.Li.PS/c;;;1-2/h2*1H;;/q;;2*+1/p-2. The second-order valence-corrected chi connectivity index (χ2v) is 0. The van der Waals surface area contributed by atoms with Gasteiger partial charge >= 0.3 is 26.9 Å². The maximum absolute atomic E-state index is 3.78. The van der Waals surface area contributed by atoms with Gasteiger partial charge in [0.15, 0.2) is 0 Å². The Bertz CT molecular complexity index is 9.61. The molecule has 0 nitrogen and oxygen atoms in total. The fourth-order valence-electron chi connectivity index (χ4n) is 0. The van der Waals surface area contributed by atoms with Gasteiger partial charge < -0.3 is 9.41 Å². The van der Waals surface area contributed by atoms with Crippen LogP contribution in [0, 0.1) is 0 Å². The Balaban J connectivity index is -0.00000000167. The van der Waals surface area contributed by atoms with Gasteiger partial charge in [-0.1, -0.05) is 0 Å². The van der Waals surface area contributed by atoms with Crippen LogP contribution in [0.1, 0.15) is 0 Å². The molecular weight excluding hydrogens is 108 g/mol. The summed E-state index contributed by atoms with van der Waals surface area (Å²) in [5, 5.41) is 0. The van der Waals surface area contributed by atoms with Crippen LogP contribution in [-0.2, 0) is 11.8 Å². The molecule has 0 bridgehead atoms. The van der Waals surface area contributed by atoms with Gasteiger partial charge in [0.25, 0.3) is 11.8 Å². The van der Waals surface area contributed by atoms with Crippen molar-refractivity contribution in [1.29, 1.82) is 0 Å². The summed E-state index contributed by atoms with van der Waals surface area (Å²) in [5.74, 6) is 0. The monoisotopic (exact) mass is 108 g/mol. The van der Waals surface area contributed by atoms with E-state index in [0.29, 0.717) is 0 Å². The zero-order chi connectivity index (χ0) is 2.00. The number of hydrogen-bond donors (Lipinski definition) is 0. The van der Waals surface area contributed by atoms with E-state index in [9.17, 15) is 0 Å². The van der Waals surface area contributed by atoms with E-state index in [4.69, 9.17) is 0 Å². The SMILES string of the molecule is [F-].[F-].[Li+].[P+]=S. The first-order valence-corrected chi connectivity index (χ1v) is 1.64. The summed E-state index contributed by atoms with van der Waals surface area (Å²) in [4.78, 5) is 0. The molecule has 0 N–H and O–H groups in total. The molecule has 2 radical (unpaired) electrons. The first kappa shape index (κ1) is 37.9. The van der Waals surface area contributed by atoms with Crippen LogP contribution in [0.3, 0.4) is 0 Å². The molecule has 0 amide bonds. The summed E-state index contributed by atoms with van der Waals surface area (Å²) in [7, 11) is 3.11. The predicted octanol–water partition coefficient (Wildman–Crippen LogP) is -8.13. The van der Waals surface area contributed by atoms with E-state index in [0.717, 1.165) is 0 Å². The van der Waals surface area contributed by atoms with Crippen LogP contribution in [0.2, 0.25) is 0 Å². The van der Waals surface area contributed by atoms with Gasteiger partial charge in [0.05, 0.1) is 0 Å². The van der Waals surface area contributed by atoms with E-state index in [1.807, 2.05) is 0 Å². The van der Waals surface area contributed by atoms with Crippen LogP contribution in [-0.4, -0.2) is 0 Å². The Morgan fingerprint density at radius 1 is 1.00 bits per heavy atom. The van der Waals surface area contributed by atoms with Gasteiger partial charge in [-0.2, -0.15) is 0 Å². The van der Waals surface area contributed by atoms with Crippen LogP contribution in [0.15, 0.2) is 0 Å². The topological polar surface area (TPSA) is 0 Å². The normalized spacial score (nSPS) is 0.800. The molecule has 0 atom stereocenters. The van der Waals surface area contributed by atoms with E-state index in [1.54, 1.807) is 0 Å². The molecule has 0 aliphatic carbocycles. The number of rotatable bonds is 0. The summed E-state index contributed by atoms with van der Waals surface area (Å²) < 4.78 is 0. The van der Waals surface area contributed by atoms with Crippen molar-refractivity contribution in [2.24, 2.45) is 0 Å². The Morgan fingerprint density at radius 3 is 1.00 bits per heavy atom. The Morgan fingerprint density at radius 2 is 1.00 bits per heavy atom. The first-order valence-electron chi connectivity index (χ1n) is 0.183. The molecule has 5 heteroatoms. The van der Waals surface area contributed by atoms with Crippen molar-refractivity contribution in [2.75, 3.05) is 0 Å².